The summed E-state index contributed by atoms with van der Waals surface area (Å²) >= 11 is 0. The Kier molecular flexibility index (Phi) is 6.44. The number of benzene rings is 2. The van der Waals surface area contributed by atoms with Crippen LogP contribution >= 0.6 is 0 Å². The van der Waals surface area contributed by atoms with Gasteiger partial charge in [0.15, 0.2) is 0 Å². The van der Waals surface area contributed by atoms with Crippen LogP contribution in [0, 0.1) is 13.8 Å². The summed E-state index contributed by atoms with van der Waals surface area (Å²) in [7, 11) is 4.35. The molecule has 0 aromatic heterocycles. The molecule has 142 valence electrons. The molecule has 26 heavy (non-hydrogen) atoms. The first kappa shape index (κ1) is 20.4. The van der Waals surface area contributed by atoms with Gasteiger partial charge < -0.3 is 9.80 Å². The highest BCUT2D eigenvalue weighted by Gasteiger charge is 2.21. The Bertz CT molecular complexity index is 844. The van der Waals surface area contributed by atoms with Crippen LogP contribution in [0.15, 0.2) is 47.4 Å². The highest BCUT2D eigenvalue weighted by molar-refractivity contribution is 7.89. The maximum Gasteiger partial charge on any atom is 0.240 e. The fraction of sp³-hybridized carbons (Fsp3) is 0.400. The van der Waals surface area contributed by atoms with Gasteiger partial charge in [0.1, 0.15) is 0 Å². The van der Waals surface area contributed by atoms with Gasteiger partial charge in [0, 0.05) is 32.4 Å². The minimum atomic E-state index is -3.55. The van der Waals surface area contributed by atoms with Gasteiger partial charge in [-0.3, -0.25) is 0 Å². The monoisotopic (exact) mass is 375 g/mol. The molecular weight excluding hydrogens is 346 g/mol. The Balaban J connectivity index is 2.20. The first-order valence-electron chi connectivity index (χ1n) is 8.62. The van der Waals surface area contributed by atoms with E-state index in [4.69, 9.17) is 0 Å². The highest BCUT2D eigenvalue weighted by Crippen LogP contribution is 2.22. The van der Waals surface area contributed by atoms with Crippen molar-refractivity contribution in [2.75, 3.05) is 39.6 Å². The van der Waals surface area contributed by atoms with E-state index in [9.17, 15) is 8.42 Å². The van der Waals surface area contributed by atoms with Crippen LogP contribution in [-0.2, 0) is 10.0 Å². The molecule has 0 saturated heterocycles. The third kappa shape index (κ3) is 4.84. The standard InChI is InChI=1S/C20H29N3O2S/c1-15-7-12-20(16(2)13-15)26(24,25)21-14-19(23(5)6)17-8-10-18(11-9-17)22(3)4/h7-13,19,21H,14H2,1-6H3/t19-/m1/s1. The number of likely N-dealkylation sites (N-methyl/N-ethyl adjacent to an activating group) is 1. The van der Waals surface area contributed by atoms with Crippen molar-refractivity contribution in [2.24, 2.45) is 0 Å². The van der Waals surface area contributed by atoms with Crippen molar-refractivity contribution in [1.82, 2.24) is 9.62 Å². The van der Waals surface area contributed by atoms with E-state index in [1.165, 1.54) is 0 Å². The summed E-state index contributed by atoms with van der Waals surface area (Å²) < 4.78 is 28.2. The second-order valence-corrected chi connectivity index (χ2v) is 8.82. The van der Waals surface area contributed by atoms with Crippen LogP contribution in [0.3, 0.4) is 0 Å². The van der Waals surface area contributed by atoms with E-state index < -0.39 is 10.0 Å². The number of hydrogen-bond donors (Lipinski definition) is 1. The molecular formula is C20H29N3O2S. The van der Waals surface area contributed by atoms with Gasteiger partial charge in [0.05, 0.1) is 4.90 Å². The molecule has 0 bridgehead atoms. The predicted octanol–water partition coefficient (Wildman–Crippen LogP) is 2.95. The lowest BCUT2D eigenvalue weighted by atomic mass is 10.1. The molecule has 0 fully saturated rings. The summed E-state index contributed by atoms with van der Waals surface area (Å²) in [6.45, 7) is 4.09. The van der Waals surface area contributed by atoms with Gasteiger partial charge in [-0.05, 0) is 57.3 Å². The first-order valence-corrected chi connectivity index (χ1v) is 10.1. The lowest BCUT2D eigenvalue weighted by Crippen LogP contribution is -2.34. The quantitative estimate of drug-likeness (QED) is 0.808. The van der Waals surface area contributed by atoms with Crippen molar-refractivity contribution in [3.8, 4) is 0 Å². The van der Waals surface area contributed by atoms with Gasteiger partial charge in [-0.2, -0.15) is 0 Å². The van der Waals surface area contributed by atoms with E-state index in [-0.39, 0.29) is 6.04 Å². The van der Waals surface area contributed by atoms with E-state index in [1.807, 2.05) is 88.2 Å². The van der Waals surface area contributed by atoms with Crippen LogP contribution < -0.4 is 9.62 Å². The van der Waals surface area contributed by atoms with E-state index >= 15 is 0 Å². The van der Waals surface area contributed by atoms with E-state index in [0.717, 1.165) is 22.4 Å². The SMILES string of the molecule is Cc1ccc(S(=O)(=O)NC[C@H](c2ccc(N(C)C)cc2)N(C)C)c(C)c1. The van der Waals surface area contributed by atoms with Crippen molar-refractivity contribution >= 4 is 15.7 Å². The summed E-state index contributed by atoms with van der Waals surface area (Å²) in [5.74, 6) is 0. The van der Waals surface area contributed by atoms with Crippen molar-refractivity contribution in [3.63, 3.8) is 0 Å². The van der Waals surface area contributed by atoms with E-state index in [1.54, 1.807) is 6.07 Å². The van der Waals surface area contributed by atoms with Gasteiger partial charge in [0.25, 0.3) is 0 Å². The molecule has 0 heterocycles. The average molecular weight is 376 g/mol. The summed E-state index contributed by atoms with van der Waals surface area (Å²) in [6, 6.07) is 13.5. The lowest BCUT2D eigenvalue weighted by Gasteiger charge is -2.26. The second-order valence-electron chi connectivity index (χ2n) is 7.09. The molecule has 0 amide bonds. The molecule has 5 nitrogen and oxygen atoms in total. The normalized spacial score (nSPS) is 13.0. The molecule has 0 spiro atoms. The Morgan fingerprint density at radius 2 is 1.58 bits per heavy atom. The third-order valence-electron chi connectivity index (χ3n) is 4.50. The molecule has 0 unspecified atom stereocenters. The Hall–Kier alpha value is -1.89. The topological polar surface area (TPSA) is 52.7 Å². The maximum atomic E-state index is 12.7. The summed E-state index contributed by atoms with van der Waals surface area (Å²) in [5, 5.41) is 0. The number of anilines is 1. The third-order valence-corrected chi connectivity index (χ3v) is 6.09. The Morgan fingerprint density at radius 3 is 2.08 bits per heavy atom. The molecule has 0 radical (unpaired) electrons. The van der Waals surface area contributed by atoms with Gasteiger partial charge >= 0.3 is 0 Å². The Morgan fingerprint density at radius 1 is 0.962 bits per heavy atom. The molecule has 0 aliphatic rings. The van der Waals surface area contributed by atoms with Crippen LogP contribution in [0.25, 0.3) is 0 Å². The molecule has 1 atom stereocenters. The van der Waals surface area contributed by atoms with Gasteiger partial charge in [0.2, 0.25) is 10.0 Å². The minimum absolute atomic E-state index is 0.0493. The van der Waals surface area contributed by atoms with Gasteiger partial charge in [-0.15, -0.1) is 0 Å². The maximum absolute atomic E-state index is 12.7. The van der Waals surface area contributed by atoms with Crippen molar-refractivity contribution in [3.05, 3.63) is 59.2 Å². The number of nitrogens with one attached hydrogen (secondary N) is 1. The van der Waals surface area contributed by atoms with Crippen molar-refractivity contribution < 1.29 is 8.42 Å². The largest absolute Gasteiger partial charge is 0.378 e. The van der Waals surface area contributed by atoms with Gasteiger partial charge in [-0.1, -0.05) is 29.8 Å². The minimum Gasteiger partial charge on any atom is -0.378 e. The number of rotatable bonds is 7. The van der Waals surface area contributed by atoms with Crippen LogP contribution in [0.4, 0.5) is 5.69 Å². The number of nitrogens with zero attached hydrogens (tertiary/aromatic N) is 2. The van der Waals surface area contributed by atoms with Crippen LogP contribution in [0.5, 0.6) is 0 Å². The second kappa shape index (κ2) is 8.20. The fourth-order valence-electron chi connectivity index (χ4n) is 2.96. The van der Waals surface area contributed by atoms with E-state index in [0.29, 0.717) is 11.4 Å². The highest BCUT2D eigenvalue weighted by atomic mass is 32.2. The zero-order valence-electron chi connectivity index (χ0n) is 16.4. The summed E-state index contributed by atoms with van der Waals surface area (Å²) in [6.07, 6.45) is 0. The average Bonchev–Trinajstić information content (AvgIpc) is 2.54. The lowest BCUT2D eigenvalue weighted by molar-refractivity contribution is 0.299. The zero-order chi connectivity index (χ0) is 19.5. The molecule has 6 heteroatoms. The molecule has 2 aromatic rings. The molecule has 2 aromatic carbocycles. The van der Waals surface area contributed by atoms with Crippen molar-refractivity contribution in [2.45, 2.75) is 24.8 Å². The van der Waals surface area contributed by atoms with Crippen molar-refractivity contribution in [1.29, 1.82) is 0 Å². The first-order chi connectivity index (χ1) is 12.1. The summed E-state index contributed by atoms with van der Waals surface area (Å²) in [4.78, 5) is 4.40. The zero-order valence-corrected chi connectivity index (χ0v) is 17.3. The van der Waals surface area contributed by atoms with Crippen LogP contribution in [0.2, 0.25) is 0 Å². The molecule has 2 rings (SSSR count). The number of aryl methyl sites for hydroxylation is 2. The van der Waals surface area contributed by atoms with E-state index in [2.05, 4.69) is 4.72 Å². The fourth-order valence-corrected chi connectivity index (χ4v) is 4.22. The van der Waals surface area contributed by atoms with Gasteiger partial charge in [-0.25, -0.2) is 13.1 Å². The molecule has 1 N–H and O–H groups in total. The molecule has 0 aliphatic carbocycles. The smallest absolute Gasteiger partial charge is 0.240 e. The molecule has 0 saturated carbocycles. The van der Waals surface area contributed by atoms with Crippen LogP contribution in [0.1, 0.15) is 22.7 Å². The summed E-state index contributed by atoms with van der Waals surface area (Å²) in [5.41, 5.74) is 3.99. The Labute approximate surface area is 157 Å². The number of hydrogen-bond acceptors (Lipinski definition) is 4. The number of sulfonamides is 1. The van der Waals surface area contributed by atoms with Crippen LogP contribution in [-0.4, -0.2) is 48.1 Å². The predicted molar refractivity (Wildman–Crippen MR) is 108 cm³/mol. The molecule has 0 aliphatic heterocycles.